The van der Waals surface area contributed by atoms with Gasteiger partial charge >= 0.3 is 5.95 Å². The molecular weight excluding hydrogens is 114 g/mol. The molecule has 0 aliphatic rings. The molecule has 7 heteroatoms. The summed E-state index contributed by atoms with van der Waals surface area (Å²) in [5.41, 5.74) is 0. The van der Waals surface area contributed by atoms with Gasteiger partial charge in [-0.3, -0.25) is 0 Å². The van der Waals surface area contributed by atoms with Crippen LogP contribution in [-0.4, -0.2) is 25.5 Å². The summed E-state index contributed by atoms with van der Waals surface area (Å²) in [6.45, 7) is 0. The highest BCUT2D eigenvalue weighted by molar-refractivity contribution is 4.91. The first-order valence-electron chi connectivity index (χ1n) is 1.68. The van der Waals surface area contributed by atoms with Crippen molar-refractivity contribution in [3.05, 3.63) is 10.1 Å². The Morgan fingerprint density at radius 1 is 1.75 bits per heavy atom. The second kappa shape index (κ2) is 1.52. The molecule has 7 nitrogen and oxygen atoms in total. The summed E-state index contributed by atoms with van der Waals surface area (Å²) in [5, 5.41) is 20.7. The maximum absolute atomic E-state index is 9.68. The van der Waals surface area contributed by atoms with Crippen LogP contribution >= 0.6 is 0 Å². The number of H-pyrrole nitrogens is 1. The van der Waals surface area contributed by atoms with Gasteiger partial charge in [0.25, 0.3) is 0 Å². The molecule has 0 fully saturated rings. The highest BCUT2D eigenvalue weighted by atomic mass is 16.6. The van der Waals surface area contributed by atoms with E-state index in [1.165, 1.54) is 0 Å². The number of nitro groups is 1. The molecule has 0 spiro atoms. The summed E-state index contributed by atoms with van der Waals surface area (Å²) < 4.78 is 0. The molecule has 0 bridgehead atoms. The number of nitrogens with zero attached hydrogens (tertiary/aromatic N) is 4. The van der Waals surface area contributed by atoms with Gasteiger partial charge in [0.15, 0.2) is 0 Å². The second-order valence-corrected chi connectivity index (χ2v) is 0.969. The predicted octanol–water partition coefficient (Wildman–Crippen LogP) is -0.892. The van der Waals surface area contributed by atoms with E-state index in [0.29, 0.717) is 0 Å². The Kier molecular flexibility index (Phi) is 0.881. The van der Waals surface area contributed by atoms with Crippen molar-refractivity contribution in [3.63, 3.8) is 0 Å². The van der Waals surface area contributed by atoms with Crippen LogP contribution in [0.5, 0.6) is 0 Å². The van der Waals surface area contributed by atoms with E-state index in [1.807, 2.05) is 5.21 Å². The van der Waals surface area contributed by atoms with E-state index in [0.717, 1.165) is 0 Å². The predicted molar refractivity (Wildman–Crippen MR) is 20.8 cm³/mol. The second-order valence-electron chi connectivity index (χ2n) is 0.969. The molecule has 1 aromatic heterocycles. The third-order valence-electron chi connectivity index (χ3n) is 0.497. The van der Waals surface area contributed by atoms with Crippen LogP contribution in [0.3, 0.4) is 0 Å². The monoisotopic (exact) mass is 115 g/mol. The normalized spacial score (nSPS) is 9.00. The minimum absolute atomic E-state index is 0.509. The van der Waals surface area contributed by atoms with Crippen molar-refractivity contribution in [2.45, 2.75) is 0 Å². The van der Waals surface area contributed by atoms with Gasteiger partial charge in [0.05, 0.1) is 5.10 Å². The van der Waals surface area contributed by atoms with E-state index in [-0.39, 0.29) is 0 Å². The quantitative estimate of drug-likeness (QED) is 0.378. The van der Waals surface area contributed by atoms with Crippen molar-refractivity contribution >= 4 is 5.95 Å². The SMILES string of the molecule is O=[N+]([O-])c1nn[nH]n1. The summed E-state index contributed by atoms with van der Waals surface area (Å²) in [7, 11) is 0. The van der Waals surface area contributed by atoms with Crippen LogP contribution in [0.1, 0.15) is 0 Å². The first-order valence-corrected chi connectivity index (χ1v) is 1.68. The van der Waals surface area contributed by atoms with Gasteiger partial charge in [0.2, 0.25) is 0 Å². The van der Waals surface area contributed by atoms with Gasteiger partial charge in [-0.15, -0.1) is 0 Å². The topological polar surface area (TPSA) is 97.6 Å². The zero-order valence-electron chi connectivity index (χ0n) is 3.61. The third-order valence-corrected chi connectivity index (χ3v) is 0.497. The zero-order chi connectivity index (χ0) is 5.98. The van der Waals surface area contributed by atoms with Gasteiger partial charge in [-0.05, 0) is 4.92 Å². The maximum Gasteiger partial charge on any atom is 0.514 e. The molecule has 0 saturated carbocycles. The molecule has 0 aliphatic heterocycles. The minimum atomic E-state index is -0.733. The van der Waals surface area contributed by atoms with Crippen LogP contribution in [0.4, 0.5) is 5.95 Å². The highest BCUT2D eigenvalue weighted by Gasteiger charge is 2.08. The first kappa shape index (κ1) is 4.62. The number of nitrogens with one attached hydrogen (secondary N) is 1. The summed E-state index contributed by atoms with van der Waals surface area (Å²) in [6.07, 6.45) is 0. The van der Waals surface area contributed by atoms with E-state index in [4.69, 9.17) is 0 Å². The number of aromatic nitrogens is 4. The number of hydrogen-bond donors (Lipinski definition) is 1. The average molecular weight is 115 g/mol. The molecule has 0 aromatic carbocycles. The van der Waals surface area contributed by atoms with Gasteiger partial charge in [-0.2, -0.15) is 0 Å². The molecule has 0 aliphatic carbocycles. The lowest BCUT2D eigenvalue weighted by Gasteiger charge is -1.79. The highest BCUT2D eigenvalue weighted by Crippen LogP contribution is 1.91. The molecule has 0 radical (unpaired) electrons. The summed E-state index contributed by atoms with van der Waals surface area (Å²) in [4.78, 5) is 8.95. The van der Waals surface area contributed by atoms with Crippen LogP contribution in [0, 0.1) is 10.1 Å². The standard InChI is InChI=1S/CHN5O2/c7-6(8)1-2-4-5-3-1/h(H,2,3,4,5). The third kappa shape index (κ3) is 0.600. The summed E-state index contributed by atoms with van der Waals surface area (Å²) in [6, 6.07) is 0. The number of tetrazole rings is 1. The van der Waals surface area contributed by atoms with Crippen molar-refractivity contribution in [3.8, 4) is 0 Å². The molecular formula is CHN5O2. The Hall–Kier alpha value is -1.53. The van der Waals surface area contributed by atoms with Crippen molar-refractivity contribution in [2.75, 3.05) is 0 Å². The molecule has 1 heterocycles. The van der Waals surface area contributed by atoms with Gasteiger partial charge in [-0.25, -0.2) is 0 Å². The van der Waals surface area contributed by atoms with Gasteiger partial charge in [0, 0.05) is 10.3 Å². The van der Waals surface area contributed by atoms with E-state index < -0.39 is 10.9 Å². The minimum Gasteiger partial charge on any atom is -0.390 e. The number of hydrogen-bond acceptors (Lipinski definition) is 5. The summed E-state index contributed by atoms with van der Waals surface area (Å²) in [5.74, 6) is -0.509. The Morgan fingerprint density at radius 2 is 2.50 bits per heavy atom. The molecule has 1 N–H and O–H groups in total. The van der Waals surface area contributed by atoms with Crippen molar-refractivity contribution in [1.29, 1.82) is 0 Å². The lowest BCUT2D eigenvalue weighted by Crippen LogP contribution is -1.88. The molecule has 0 saturated heterocycles. The number of rotatable bonds is 1. The van der Waals surface area contributed by atoms with E-state index in [9.17, 15) is 10.1 Å². The number of aromatic amines is 1. The van der Waals surface area contributed by atoms with Crippen LogP contribution in [-0.2, 0) is 0 Å². The Balaban J connectivity index is 2.93. The molecule has 8 heavy (non-hydrogen) atoms. The first-order chi connectivity index (χ1) is 3.80. The average Bonchev–Trinajstić information content (AvgIpc) is 2.12. The zero-order valence-corrected chi connectivity index (χ0v) is 3.61. The fourth-order valence-corrected chi connectivity index (χ4v) is 0.234. The van der Waals surface area contributed by atoms with E-state index >= 15 is 0 Å². The molecule has 0 unspecified atom stereocenters. The fraction of sp³-hybridized carbons (Fsp3) is 0. The Bertz CT molecular complexity index is 178. The van der Waals surface area contributed by atoms with Gasteiger partial charge in [0.1, 0.15) is 0 Å². The van der Waals surface area contributed by atoms with Crippen LogP contribution in [0.25, 0.3) is 0 Å². The van der Waals surface area contributed by atoms with Crippen molar-refractivity contribution in [1.82, 2.24) is 20.6 Å². The van der Waals surface area contributed by atoms with Crippen LogP contribution < -0.4 is 0 Å². The van der Waals surface area contributed by atoms with Crippen molar-refractivity contribution < 1.29 is 4.92 Å². The van der Waals surface area contributed by atoms with Gasteiger partial charge in [-0.1, -0.05) is 5.21 Å². The van der Waals surface area contributed by atoms with E-state index in [2.05, 4.69) is 15.4 Å². The van der Waals surface area contributed by atoms with Crippen LogP contribution in [0.2, 0.25) is 0 Å². The fourth-order valence-electron chi connectivity index (χ4n) is 0.234. The Morgan fingerprint density at radius 3 is 2.75 bits per heavy atom. The molecule has 0 atom stereocenters. The molecule has 1 aromatic rings. The van der Waals surface area contributed by atoms with E-state index in [1.54, 1.807) is 0 Å². The smallest absolute Gasteiger partial charge is 0.390 e. The molecule has 1 rings (SSSR count). The Labute approximate surface area is 42.9 Å². The lowest BCUT2D eigenvalue weighted by molar-refractivity contribution is -0.394. The largest absolute Gasteiger partial charge is 0.514 e. The lowest BCUT2D eigenvalue weighted by atomic mass is 11.1. The van der Waals surface area contributed by atoms with Crippen molar-refractivity contribution in [2.24, 2.45) is 0 Å². The molecule has 42 valence electrons. The summed E-state index contributed by atoms with van der Waals surface area (Å²) >= 11 is 0. The van der Waals surface area contributed by atoms with Crippen LogP contribution in [0.15, 0.2) is 0 Å². The van der Waals surface area contributed by atoms with Gasteiger partial charge < -0.3 is 10.1 Å². The molecule has 0 amide bonds. The maximum atomic E-state index is 9.68.